The Kier molecular flexibility index (Phi) is 10.8. The van der Waals surface area contributed by atoms with Crippen molar-refractivity contribution in [3.05, 3.63) is 77.7 Å². The lowest BCUT2D eigenvalue weighted by Crippen LogP contribution is -3.00. The van der Waals surface area contributed by atoms with E-state index in [1.807, 2.05) is 64.3 Å². The summed E-state index contributed by atoms with van der Waals surface area (Å²) in [5, 5.41) is 11.9. The van der Waals surface area contributed by atoms with E-state index in [0.717, 1.165) is 11.1 Å². The van der Waals surface area contributed by atoms with E-state index >= 15 is 0 Å². The van der Waals surface area contributed by atoms with Gasteiger partial charge in [-0.25, -0.2) is 14.4 Å². The second kappa shape index (κ2) is 14.4. The summed E-state index contributed by atoms with van der Waals surface area (Å²) >= 11 is 0. The van der Waals surface area contributed by atoms with Gasteiger partial charge in [-0.05, 0) is 45.3 Å². The van der Waals surface area contributed by atoms with Gasteiger partial charge in [-0.3, -0.25) is 0 Å². The first-order chi connectivity index (χ1) is 22.4. The molecule has 10 nitrogen and oxygen atoms in total. The van der Waals surface area contributed by atoms with E-state index in [1.54, 1.807) is 23.8 Å². The van der Waals surface area contributed by atoms with Gasteiger partial charge in [0.2, 0.25) is 6.54 Å². The van der Waals surface area contributed by atoms with Crippen LogP contribution in [0, 0.1) is 36.5 Å². The Hall–Kier alpha value is -3.12. The van der Waals surface area contributed by atoms with Crippen LogP contribution < -0.4 is 21.5 Å². The zero-order valence-corrected chi connectivity index (χ0v) is 29.9. The van der Waals surface area contributed by atoms with Crippen LogP contribution in [0.15, 0.2) is 72.1 Å². The van der Waals surface area contributed by atoms with E-state index in [-0.39, 0.29) is 53.6 Å². The Morgan fingerprint density at radius 3 is 2.67 bits per heavy atom. The highest BCUT2D eigenvalue weighted by Crippen LogP contribution is 2.61. The Morgan fingerprint density at radius 1 is 1.21 bits per heavy atom. The molecule has 12 atom stereocenters. The predicted molar refractivity (Wildman–Crippen MR) is 169 cm³/mol. The Morgan fingerprint density at radius 2 is 1.98 bits per heavy atom. The number of halogens is 1. The number of esters is 3. The van der Waals surface area contributed by atoms with Crippen molar-refractivity contribution in [2.24, 2.45) is 29.6 Å². The van der Waals surface area contributed by atoms with Crippen LogP contribution in [0.5, 0.6) is 0 Å². The second-order valence-electron chi connectivity index (χ2n) is 13.8. The summed E-state index contributed by atoms with van der Waals surface area (Å²) in [7, 11) is 1.47. The highest BCUT2D eigenvalue weighted by Gasteiger charge is 2.69. The number of pyridine rings is 1. The van der Waals surface area contributed by atoms with Crippen molar-refractivity contribution >= 4 is 17.9 Å². The normalized spacial score (nSPS) is 38.4. The monoisotopic (exact) mass is 727 g/mol. The maximum absolute atomic E-state index is 13.6. The van der Waals surface area contributed by atoms with Gasteiger partial charge in [0.25, 0.3) is 0 Å². The zero-order chi connectivity index (χ0) is 33.6. The molecule has 1 saturated carbocycles. The van der Waals surface area contributed by atoms with E-state index in [1.165, 1.54) is 7.11 Å². The van der Waals surface area contributed by atoms with Crippen LogP contribution in [0.3, 0.4) is 0 Å². The highest BCUT2D eigenvalue weighted by atomic mass is 79.9. The van der Waals surface area contributed by atoms with Crippen molar-refractivity contribution < 1.29 is 64.7 Å². The molecule has 1 saturated heterocycles. The first-order valence-electron chi connectivity index (χ1n) is 16.6. The molecule has 5 aliphatic rings. The van der Waals surface area contributed by atoms with E-state index in [9.17, 15) is 19.5 Å². The average molecular weight is 729 g/mol. The fourth-order valence-electron chi connectivity index (χ4n) is 8.50. The number of aliphatic hydroxyl groups is 1. The summed E-state index contributed by atoms with van der Waals surface area (Å²) in [6, 6.07) is 3.81. The summed E-state index contributed by atoms with van der Waals surface area (Å²) in [5.41, 5.74) is 1.48. The largest absolute Gasteiger partial charge is 1.00 e. The number of nitrogens with zero attached hydrogens (tertiary/aromatic N) is 1. The van der Waals surface area contributed by atoms with Gasteiger partial charge in [-0.1, -0.05) is 50.3 Å². The summed E-state index contributed by atoms with van der Waals surface area (Å²) in [4.78, 5) is 39.7. The number of aliphatic hydroxyl groups excluding tert-OH is 1. The third-order valence-electron chi connectivity index (χ3n) is 10.8. The summed E-state index contributed by atoms with van der Waals surface area (Å²) in [5.74, 6) is -3.05. The SMILES string of the molecule is CO[C@H]1C[C@H]2C=C[C@H]3[C@H]4O[C@]2(/C(C)=C/[C@@H](C)[C@@H]([C@@H](C)OC(=O)C[n+]2cccc(C)c2)OC1=O)[C@@H]3[C@H](O)[C@@H](C)[C@H]4OC(=O)C1=CC=CC1.[Br-]. The molecule has 3 aliphatic carbocycles. The Bertz CT molecular complexity index is 1540. The molecular formula is C37H46BrNO9. The molecule has 1 spiro atoms. The third-order valence-corrected chi connectivity index (χ3v) is 10.8. The van der Waals surface area contributed by atoms with Gasteiger partial charge in [-0.2, -0.15) is 4.57 Å². The van der Waals surface area contributed by atoms with Crippen LogP contribution in [0.4, 0.5) is 0 Å². The van der Waals surface area contributed by atoms with Crippen molar-refractivity contribution in [3.8, 4) is 0 Å². The lowest BCUT2D eigenvalue weighted by atomic mass is 9.57. The fourth-order valence-corrected chi connectivity index (χ4v) is 8.50. The molecule has 1 N–H and O–H groups in total. The van der Waals surface area contributed by atoms with Crippen molar-refractivity contribution in [1.82, 2.24) is 0 Å². The van der Waals surface area contributed by atoms with Crippen LogP contribution in [-0.4, -0.2) is 72.3 Å². The minimum atomic E-state index is -0.984. The molecule has 3 heterocycles. The number of aryl methyl sites for hydroxylation is 1. The van der Waals surface area contributed by atoms with Crippen molar-refractivity contribution in [2.45, 2.75) is 96.2 Å². The molecule has 0 unspecified atom stereocenters. The van der Waals surface area contributed by atoms with Crippen LogP contribution in [0.2, 0.25) is 0 Å². The minimum absolute atomic E-state index is 0. The molecule has 260 valence electrons. The van der Waals surface area contributed by atoms with Gasteiger partial charge in [0, 0.05) is 53.9 Å². The van der Waals surface area contributed by atoms with Gasteiger partial charge in [-0.15, -0.1) is 0 Å². The summed E-state index contributed by atoms with van der Waals surface area (Å²) < 4.78 is 32.5. The zero-order valence-electron chi connectivity index (χ0n) is 28.3. The number of allylic oxidation sites excluding steroid dienone is 3. The number of carbonyl (C=O) groups is 3. The van der Waals surface area contributed by atoms with Crippen molar-refractivity contribution in [3.63, 3.8) is 0 Å². The molecule has 0 aromatic carbocycles. The first-order valence-corrected chi connectivity index (χ1v) is 16.6. The number of ether oxygens (including phenoxy) is 5. The Labute approximate surface area is 292 Å². The van der Waals surface area contributed by atoms with Crippen LogP contribution in [0.25, 0.3) is 0 Å². The molecule has 2 fully saturated rings. The van der Waals surface area contributed by atoms with Crippen molar-refractivity contribution in [2.75, 3.05) is 7.11 Å². The van der Waals surface area contributed by atoms with E-state index in [0.29, 0.717) is 12.0 Å². The molecule has 48 heavy (non-hydrogen) atoms. The molecule has 6 rings (SSSR count). The Balaban J connectivity index is 0.00000451. The quantitative estimate of drug-likeness (QED) is 0.185. The average Bonchev–Trinajstić information content (AvgIpc) is 3.63. The van der Waals surface area contributed by atoms with Crippen LogP contribution in [-0.2, 0) is 44.6 Å². The molecule has 1 aromatic heterocycles. The number of hydrogen-bond donors (Lipinski definition) is 1. The number of carbonyl (C=O) groups excluding carboxylic acids is 3. The molecule has 2 aliphatic heterocycles. The number of methoxy groups -OCH3 is 1. The fraction of sp³-hybridized carbons (Fsp3) is 0.568. The minimum Gasteiger partial charge on any atom is -1.00 e. The van der Waals surface area contributed by atoms with E-state index in [2.05, 4.69) is 12.2 Å². The van der Waals surface area contributed by atoms with E-state index < -0.39 is 66.1 Å². The molecule has 0 radical (unpaired) electrons. The lowest BCUT2D eigenvalue weighted by Gasteiger charge is -2.49. The van der Waals surface area contributed by atoms with Crippen LogP contribution >= 0.6 is 0 Å². The molecule has 1 aromatic rings. The predicted octanol–water partition coefficient (Wildman–Crippen LogP) is 0.496. The maximum Gasteiger partial charge on any atom is 0.373 e. The third kappa shape index (κ3) is 6.46. The molecule has 0 amide bonds. The van der Waals surface area contributed by atoms with Gasteiger partial charge >= 0.3 is 17.9 Å². The number of hydrogen-bond acceptors (Lipinski definition) is 9. The number of aromatic nitrogens is 1. The number of cyclic esters (lactones) is 1. The summed E-state index contributed by atoms with van der Waals surface area (Å²) in [6.07, 6.45) is 11.5. The summed E-state index contributed by atoms with van der Waals surface area (Å²) in [6.45, 7) is 9.49. The lowest BCUT2D eigenvalue weighted by molar-refractivity contribution is -0.686. The molecule has 4 bridgehead atoms. The second-order valence-corrected chi connectivity index (χ2v) is 13.8. The smallest absolute Gasteiger partial charge is 0.373 e. The van der Waals surface area contributed by atoms with Gasteiger partial charge in [0.1, 0.15) is 30.0 Å². The van der Waals surface area contributed by atoms with Crippen molar-refractivity contribution in [1.29, 1.82) is 0 Å². The standard InChI is InChI=1S/C37H46NO9.BrH/c1-20-10-9-15-38(18-20)19-29(39)44-24(5)32-21(2)16-22(3)37-26(17-28(43-6)36(42)45-32)13-14-27-30(37)31(40)23(4)33(34(27)47-37)46-35(41)25-11-7-8-12-25;/h7-11,13-16,18,21,23-24,26-28,30-34,40H,12,17,19H2,1-6H3;1H/q+1;/p-1/b22-16+;/t21-,23-,24-,26-,27-,28+,30+,31-,32+,33-,34-,37+;/m1./s1. The number of rotatable bonds is 7. The van der Waals surface area contributed by atoms with Gasteiger partial charge in [0.15, 0.2) is 18.5 Å². The van der Waals surface area contributed by atoms with Gasteiger partial charge in [0.05, 0.1) is 6.10 Å². The van der Waals surface area contributed by atoms with E-state index in [4.69, 9.17) is 23.7 Å². The topological polar surface area (TPSA) is 121 Å². The molecular weight excluding hydrogens is 682 g/mol. The van der Waals surface area contributed by atoms with Gasteiger partial charge < -0.3 is 45.8 Å². The highest BCUT2D eigenvalue weighted by molar-refractivity contribution is 5.90. The first kappa shape index (κ1) is 36.2. The molecule has 11 heteroatoms. The maximum atomic E-state index is 13.6. The van der Waals surface area contributed by atoms with Crippen LogP contribution in [0.1, 0.15) is 46.1 Å².